The minimum Gasteiger partial charge on any atom is -0.393 e. The number of pyridine rings is 1. The smallest absolute Gasteiger partial charge is 0.240 e. The van der Waals surface area contributed by atoms with E-state index in [9.17, 15) is 9.90 Å². The second kappa shape index (κ2) is 6.64. The Kier molecular flexibility index (Phi) is 4.19. The predicted octanol–water partition coefficient (Wildman–Crippen LogP) is 2.06. The number of nitrogens with one attached hydrogen (secondary N) is 1. The molecule has 2 heterocycles. The topological polar surface area (TPSA) is 80.0 Å². The second-order valence-corrected chi connectivity index (χ2v) is 6.63. The molecular formula is C19H20N4O2. The Labute approximate surface area is 145 Å². The standard InChI is InChI=1S/C19H20N4O2/c24-16-8-14(9-16)19(22-18(25)11-23-6-5-20-12-23)15-7-13-3-1-2-4-17(13)21-10-15/h1-7,10,12,14,16,19,24H,8-9,11H2,(H,22,25). The molecule has 3 aromatic rings. The minimum absolute atomic E-state index is 0.0717. The van der Waals surface area contributed by atoms with E-state index in [4.69, 9.17) is 0 Å². The molecule has 1 amide bonds. The number of aromatic nitrogens is 3. The fraction of sp³-hybridized carbons (Fsp3) is 0.316. The number of benzene rings is 1. The highest BCUT2D eigenvalue weighted by molar-refractivity contribution is 5.79. The van der Waals surface area contributed by atoms with Crippen molar-refractivity contribution in [2.45, 2.75) is 31.5 Å². The molecule has 6 heteroatoms. The molecule has 128 valence electrons. The van der Waals surface area contributed by atoms with Crippen LogP contribution < -0.4 is 5.32 Å². The van der Waals surface area contributed by atoms with Crippen molar-refractivity contribution in [1.82, 2.24) is 19.9 Å². The van der Waals surface area contributed by atoms with Gasteiger partial charge in [-0.1, -0.05) is 18.2 Å². The van der Waals surface area contributed by atoms with Crippen LogP contribution in [0.15, 0.2) is 55.2 Å². The number of amides is 1. The Morgan fingerprint density at radius 2 is 2.20 bits per heavy atom. The van der Waals surface area contributed by atoms with Crippen molar-refractivity contribution in [2.24, 2.45) is 5.92 Å². The molecule has 1 aliphatic rings. The van der Waals surface area contributed by atoms with Crippen molar-refractivity contribution in [3.8, 4) is 0 Å². The Morgan fingerprint density at radius 3 is 2.96 bits per heavy atom. The Hall–Kier alpha value is -2.73. The third-order valence-corrected chi connectivity index (χ3v) is 4.79. The molecule has 6 nitrogen and oxygen atoms in total. The first-order valence-electron chi connectivity index (χ1n) is 8.47. The summed E-state index contributed by atoms with van der Waals surface area (Å²) in [7, 11) is 0. The summed E-state index contributed by atoms with van der Waals surface area (Å²) in [5.74, 6) is 0.155. The van der Waals surface area contributed by atoms with Gasteiger partial charge in [-0.15, -0.1) is 0 Å². The molecule has 1 unspecified atom stereocenters. The van der Waals surface area contributed by atoms with Crippen LogP contribution in [0.2, 0.25) is 0 Å². The number of hydrogen-bond donors (Lipinski definition) is 2. The van der Waals surface area contributed by atoms with Crippen LogP contribution in [-0.2, 0) is 11.3 Å². The lowest BCUT2D eigenvalue weighted by Gasteiger charge is -2.38. The maximum Gasteiger partial charge on any atom is 0.240 e. The van der Waals surface area contributed by atoms with Crippen LogP contribution in [0.1, 0.15) is 24.4 Å². The molecule has 25 heavy (non-hydrogen) atoms. The second-order valence-electron chi connectivity index (χ2n) is 6.63. The molecule has 1 atom stereocenters. The van der Waals surface area contributed by atoms with Crippen molar-refractivity contribution in [1.29, 1.82) is 0 Å². The lowest BCUT2D eigenvalue weighted by atomic mass is 9.75. The van der Waals surface area contributed by atoms with Gasteiger partial charge >= 0.3 is 0 Å². The van der Waals surface area contributed by atoms with E-state index in [1.54, 1.807) is 23.3 Å². The van der Waals surface area contributed by atoms with Gasteiger partial charge in [0, 0.05) is 24.0 Å². The highest BCUT2D eigenvalue weighted by atomic mass is 16.3. The summed E-state index contributed by atoms with van der Waals surface area (Å²) in [6, 6.07) is 9.87. The zero-order chi connectivity index (χ0) is 17.2. The average molecular weight is 336 g/mol. The number of carbonyl (C=O) groups is 1. The van der Waals surface area contributed by atoms with Crippen LogP contribution in [0.4, 0.5) is 0 Å². The van der Waals surface area contributed by atoms with Crippen LogP contribution in [0.5, 0.6) is 0 Å². The van der Waals surface area contributed by atoms with Gasteiger partial charge in [0.25, 0.3) is 0 Å². The number of carbonyl (C=O) groups excluding carboxylic acids is 1. The Balaban J connectivity index is 1.57. The number of aliphatic hydroxyl groups is 1. The molecule has 0 bridgehead atoms. The first-order valence-corrected chi connectivity index (χ1v) is 8.47. The molecule has 4 rings (SSSR count). The number of imidazole rings is 1. The van der Waals surface area contributed by atoms with E-state index in [1.165, 1.54) is 0 Å². The van der Waals surface area contributed by atoms with Gasteiger partial charge < -0.3 is 15.0 Å². The molecular weight excluding hydrogens is 316 g/mol. The van der Waals surface area contributed by atoms with E-state index in [-0.39, 0.29) is 30.5 Å². The SMILES string of the molecule is O=C(Cn1ccnc1)NC(c1cnc2ccccc2c1)C1CC(O)C1. The number of aliphatic hydroxyl groups excluding tert-OH is 1. The van der Waals surface area contributed by atoms with Crippen LogP contribution in [0, 0.1) is 5.92 Å². The van der Waals surface area contributed by atoms with Gasteiger partial charge in [0.15, 0.2) is 0 Å². The zero-order valence-electron chi connectivity index (χ0n) is 13.7. The first-order chi connectivity index (χ1) is 12.2. The van der Waals surface area contributed by atoms with E-state index in [1.807, 2.05) is 30.5 Å². The molecule has 2 N–H and O–H groups in total. The fourth-order valence-electron chi connectivity index (χ4n) is 3.40. The van der Waals surface area contributed by atoms with E-state index in [2.05, 4.69) is 21.4 Å². The van der Waals surface area contributed by atoms with E-state index < -0.39 is 0 Å². The van der Waals surface area contributed by atoms with Gasteiger partial charge in [-0.2, -0.15) is 0 Å². The number of nitrogens with zero attached hydrogens (tertiary/aromatic N) is 3. The van der Waals surface area contributed by atoms with Crippen molar-refractivity contribution in [3.63, 3.8) is 0 Å². The lowest BCUT2D eigenvalue weighted by Crippen LogP contribution is -2.42. The molecule has 0 saturated heterocycles. The Morgan fingerprint density at radius 1 is 1.36 bits per heavy atom. The minimum atomic E-state index is -0.272. The van der Waals surface area contributed by atoms with E-state index in [0.29, 0.717) is 12.8 Å². The molecule has 0 aliphatic heterocycles. The highest BCUT2D eigenvalue weighted by Gasteiger charge is 2.35. The third kappa shape index (κ3) is 3.39. The summed E-state index contributed by atoms with van der Waals surface area (Å²) in [6.07, 6.45) is 7.99. The van der Waals surface area contributed by atoms with Crippen molar-refractivity contribution >= 4 is 16.8 Å². The summed E-state index contributed by atoms with van der Waals surface area (Å²) in [6.45, 7) is 0.229. The number of hydrogen-bond acceptors (Lipinski definition) is 4. The molecule has 1 fully saturated rings. The maximum atomic E-state index is 12.4. The van der Waals surface area contributed by atoms with Gasteiger partial charge in [0.05, 0.1) is 24.0 Å². The zero-order valence-corrected chi connectivity index (χ0v) is 13.7. The first kappa shape index (κ1) is 15.8. The summed E-state index contributed by atoms with van der Waals surface area (Å²) in [4.78, 5) is 20.9. The van der Waals surface area contributed by atoms with Crippen LogP contribution in [0.3, 0.4) is 0 Å². The number of rotatable bonds is 5. The molecule has 1 aliphatic carbocycles. The predicted molar refractivity (Wildman–Crippen MR) is 93.6 cm³/mol. The highest BCUT2D eigenvalue weighted by Crippen LogP contribution is 2.38. The van der Waals surface area contributed by atoms with Gasteiger partial charge in [0.1, 0.15) is 6.54 Å². The summed E-state index contributed by atoms with van der Waals surface area (Å²) in [5, 5.41) is 13.9. The monoisotopic (exact) mass is 336 g/mol. The van der Waals surface area contributed by atoms with Crippen molar-refractivity contribution in [2.75, 3.05) is 0 Å². The van der Waals surface area contributed by atoms with E-state index in [0.717, 1.165) is 16.5 Å². The summed E-state index contributed by atoms with van der Waals surface area (Å²) >= 11 is 0. The van der Waals surface area contributed by atoms with Gasteiger partial charge in [-0.05, 0) is 36.5 Å². The van der Waals surface area contributed by atoms with Crippen molar-refractivity contribution in [3.05, 3.63) is 60.8 Å². The summed E-state index contributed by atoms with van der Waals surface area (Å²) < 4.78 is 1.74. The third-order valence-electron chi connectivity index (χ3n) is 4.79. The normalized spacial score (nSPS) is 20.8. The maximum absolute atomic E-state index is 12.4. The molecule has 1 aromatic carbocycles. The van der Waals surface area contributed by atoms with Crippen molar-refractivity contribution < 1.29 is 9.90 Å². The van der Waals surface area contributed by atoms with Crippen LogP contribution in [-0.4, -0.2) is 31.7 Å². The quantitative estimate of drug-likeness (QED) is 0.747. The van der Waals surface area contributed by atoms with Gasteiger partial charge in [0.2, 0.25) is 5.91 Å². The van der Waals surface area contributed by atoms with E-state index >= 15 is 0 Å². The van der Waals surface area contributed by atoms with Gasteiger partial charge in [-0.3, -0.25) is 9.78 Å². The molecule has 0 spiro atoms. The molecule has 2 aromatic heterocycles. The van der Waals surface area contributed by atoms with Gasteiger partial charge in [-0.25, -0.2) is 4.98 Å². The van der Waals surface area contributed by atoms with Crippen LogP contribution >= 0.6 is 0 Å². The lowest BCUT2D eigenvalue weighted by molar-refractivity contribution is -0.123. The van der Waals surface area contributed by atoms with Crippen LogP contribution in [0.25, 0.3) is 10.9 Å². The molecule has 1 saturated carbocycles. The Bertz CT molecular complexity index is 872. The number of fused-ring (bicyclic) bond motifs is 1. The average Bonchev–Trinajstić information content (AvgIpc) is 3.09. The summed E-state index contributed by atoms with van der Waals surface area (Å²) in [5.41, 5.74) is 1.91. The fourth-order valence-corrected chi connectivity index (χ4v) is 3.40. The molecule has 0 radical (unpaired) electrons. The largest absolute Gasteiger partial charge is 0.393 e. The number of para-hydroxylation sites is 1.